The molecule has 1 fully saturated rings. The molecule has 0 bridgehead atoms. The highest BCUT2D eigenvalue weighted by atomic mass is 19.4. The third-order valence-corrected chi connectivity index (χ3v) is 6.51. The van der Waals surface area contributed by atoms with Gasteiger partial charge in [-0.15, -0.1) is 23.4 Å². The average molecular weight is 460 g/mol. The first-order chi connectivity index (χ1) is 15.6. The Morgan fingerprint density at radius 2 is 1.70 bits per heavy atom. The first-order valence-corrected chi connectivity index (χ1v) is 11.1. The number of hydrogen-bond acceptors (Lipinski definition) is 5. The van der Waals surface area contributed by atoms with Crippen LogP contribution in [0, 0.1) is 11.8 Å². The quantitative estimate of drug-likeness (QED) is 0.497. The summed E-state index contributed by atoms with van der Waals surface area (Å²) in [5.74, 6) is 2.04. The van der Waals surface area contributed by atoms with Crippen LogP contribution >= 0.6 is 0 Å². The van der Waals surface area contributed by atoms with Crippen LogP contribution in [0.2, 0.25) is 0 Å². The van der Waals surface area contributed by atoms with Gasteiger partial charge in [0.05, 0.1) is 11.9 Å². The van der Waals surface area contributed by atoms with Gasteiger partial charge in [0.15, 0.2) is 5.82 Å². The van der Waals surface area contributed by atoms with E-state index in [4.69, 9.17) is 0 Å². The Labute approximate surface area is 191 Å². The minimum atomic E-state index is -4.59. The predicted octanol–water partition coefficient (Wildman–Crippen LogP) is 5.84. The molecule has 3 aromatic rings. The molecule has 0 aliphatic heterocycles. The second-order valence-corrected chi connectivity index (χ2v) is 9.17. The first-order valence-electron chi connectivity index (χ1n) is 11.1. The SMILES string of the molecule is C[C@@H]1CC[C@H](C)C[C@@H](N(C)c2ccc(-c3ccc(-c4cnn(C(F)(F)F)c4)cc3O)nn2)C1. The van der Waals surface area contributed by atoms with Crippen LogP contribution in [0.25, 0.3) is 22.4 Å². The lowest BCUT2D eigenvalue weighted by molar-refractivity contribution is -0.212. The summed E-state index contributed by atoms with van der Waals surface area (Å²) in [6.07, 6.45) is 2.16. The Balaban J connectivity index is 1.52. The van der Waals surface area contributed by atoms with E-state index in [-0.39, 0.29) is 16.0 Å². The van der Waals surface area contributed by atoms with E-state index >= 15 is 0 Å². The van der Waals surface area contributed by atoms with E-state index in [0.29, 0.717) is 34.7 Å². The van der Waals surface area contributed by atoms with E-state index < -0.39 is 6.30 Å². The van der Waals surface area contributed by atoms with Gasteiger partial charge in [0.25, 0.3) is 0 Å². The molecule has 176 valence electrons. The average Bonchev–Trinajstić information content (AvgIpc) is 3.21. The van der Waals surface area contributed by atoms with Crippen LogP contribution in [0.3, 0.4) is 0 Å². The Morgan fingerprint density at radius 1 is 1.00 bits per heavy atom. The molecule has 6 nitrogen and oxygen atoms in total. The number of aromatic nitrogens is 4. The normalized spacial score (nSPS) is 21.6. The van der Waals surface area contributed by atoms with Gasteiger partial charge < -0.3 is 10.0 Å². The lowest BCUT2D eigenvalue weighted by atomic mass is 9.98. The molecule has 1 N–H and O–H groups in total. The maximum absolute atomic E-state index is 12.8. The highest BCUT2D eigenvalue weighted by molar-refractivity contribution is 5.74. The lowest BCUT2D eigenvalue weighted by Crippen LogP contribution is -2.34. The van der Waals surface area contributed by atoms with Crippen LogP contribution in [0.4, 0.5) is 19.0 Å². The summed E-state index contributed by atoms with van der Waals surface area (Å²) in [5.41, 5.74) is 1.63. The van der Waals surface area contributed by atoms with Gasteiger partial charge in [-0.3, -0.25) is 0 Å². The van der Waals surface area contributed by atoms with Gasteiger partial charge in [-0.2, -0.15) is 9.78 Å². The second kappa shape index (κ2) is 9.03. The number of anilines is 1. The van der Waals surface area contributed by atoms with Crippen LogP contribution in [0.15, 0.2) is 42.7 Å². The highest BCUT2D eigenvalue weighted by Gasteiger charge is 2.31. The van der Waals surface area contributed by atoms with Crippen LogP contribution < -0.4 is 4.90 Å². The molecule has 2 heterocycles. The second-order valence-electron chi connectivity index (χ2n) is 9.17. The molecule has 9 heteroatoms. The van der Waals surface area contributed by atoms with Crippen molar-refractivity contribution in [2.24, 2.45) is 11.8 Å². The summed E-state index contributed by atoms with van der Waals surface area (Å²) < 4.78 is 38.3. The number of aromatic hydroxyl groups is 1. The molecular weight excluding hydrogens is 431 g/mol. The Bertz CT molecular complexity index is 1080. The molecule has 2 aromatic heterocycles. The molecule has 1 aromatic carbocycles. The van der Waals surface area contributed by atoms with Crippen LogP contribution in [0.1, 0.15) is 39.5 Å². The third kappa shape index (κ3) is 5.12. The van der Waals surface area contributed by atoms with Crippen molar-refractivity contribution >= 4 is 5.82 Å². The van der Waals surface area contributed by atoms with Gasteiger partial charge in [0, 0.05) is 30.4 Å². The van der Waals surface area contributed by atoms with E-state index in [2.05, 4.69) is 34.0 Å². The number of phenolic OH excluding ortho intramolecular Hbond substituents is 1. The predicted molar refractivity (Wildman–Crippen MR) is 121 cm³/mol. The fourth-order valence-electron chi connectivity index (χ4n) is 4.53. The number of hydrogen-bond donors (Lipinski definition) is 1. The molecule has 4 rings (SSSR count). The summed E-state index contributed by atoms with van der Waals surface area (Å²) >= 11 is 0. The molecule has 0 unspecified atom stereocenters. The fraction of sp³-hybridized carbons (Fsp3) is 0.458. The molecule has 0 saturated heterocycles. The van der Waals surface area contributed by atoms with Gasteiger partial charge >= 0.3 is 6.30 Å². The van der Waals surface area contributed by atoms with Gasteiger partial charge in [-0.1, -0.05) is 32.8 Å². The van der Waals surface area contributed by atoms with Crippen LogP contribution in [-0.4, -0.2) is 38.2 Å². The van der Waals surface area contributed by atoms with E-state index in [1.54, 1.807) is 18.2 Å². The zero-order valence-corrected chi connectivity index (χ0v) is 18.9. The fourth-order valence-corrected chi connectivity index (χ4v) is 4.53. The zero-order valence-electron chi connectivity index (χ0n) is 18.9. The van der Waals surface area contributed by atoms with Gasteiger partial charge in [0.2, 0.25) is 0 Å². The number of halogens is 3. The largest absolute Gasteiger partial charge is 0.507 e. The molecule has 3 atom stereocenters. The third-order valence-electron chi connectivity index (χ3n) is 6.51. The zero-order chi connectivity index (χ0) is 23.8. The van der Waals surface area contributed by atoms with Gasteiger partial charge in [0.1, 0.15) is 5.75 Å². The molecule has 33 heavy (non-hydrogen) atoms. The molecule has 0 amide bonds. The maximum atomic E-state index is 12.8. The molecule has 0 radical (unpaired) electrons. The van der Waals surface area contributed by atoms with Crippen LogP contribution in [0.5, 0.6) is 5.75 Å². The number of nitrogens with zero attached hydrogens (tertiary/aromatic N) is 5. The monoisotopic (exact) mass is 459 g/mol. The van der Waals surface area contributed by atoms with E-state index in [0.717, 1.165) is 31.1 Å². The standard InChI is InChI=1S/C24H28F3N5O/c1-15-4-5-16(2)11-19(10-15)31(3)23-9-8-21(29-30-23)20-7-6-17(12-22(20)33)18-13-28-32(14-18)24(25,26)27/h6-9,12-16,19,33H,4-5,10-11H2,1-3H3/t15-,16+,19+. The summed E-state index contributed by atoms with van der Waals surface area (Å²) in [6, 6.07) is 8.76. The molecule has 1 aliphatic carbocycles. The topological polar surface area (TPSA) is 67.1 Å². The Morgan fingerprint density at radius 3 is 2.24 bits per heavy atom. The highest BCUT2D eigenvalue weighted by Crippen LogP contribution is 2.34. The molecule has 0 spiro atoms. The Kier molecular flexibility index (Phi) is 6.32. The van der Waals surface area contributed by atoms with E-state index in [1.165, 1.54) is 18.9 Å². The minimum Gasteiger partial charge on any atom is -0.507 e. The van der Waals surface area contributed by atoms with E-state index in [1.807, 2.05) is 13.1 Å². The van der Waals surface area contributed by atoms with Crippen molar-refractivity contribution in [2.75, 3.05) is 11.9 Å². The summed E-state index contributed by atoms with van der Waals surface area (Å²) in [4.78, 5) is 2.19. The van der Waals surface area contributed by atoms with Crippen molar-refractivity contribution < 1.29 is 18.3 Å². The Hall–Kier alpha value is -3.10. The van der Waals surface area contributed by atoms with Crippen molar-refractivity contribution in [1.82, 2.24) is 20.0 Å². The van der Waals surface area contributed by atoms with E-state index in [9.17, 15) is 18.3 Å². The maximum Gasteiger partial charge on any atom is 0.504 e. The summed E-state index contributed by atoms with van der Waals surface area (Å²) in [6.45, 7) is 4.60. The molecule has 1 saturated carbocycles. The number of rotatable bonds is 4. The van der Waals surface area contributed by atoms with Crippen molar-refractivity contribution in [2.45, 2.75) is 51.9 Å². The van der Waals surface area contributed by atoms with Crippen molar-refractivity contribution in [3.05, 3.63) is 42.7 Å². The first kappa shape index (κ1) is 23.1. The number of alkyl halides is 3. The number of benzene rings is 1. The van der Waals surface area contributed by atoms with Crippen molar-refractivity contribution in [3.63, 3.8) is 0 Å². The smallest absolute Gasteiger partial charge is 0.504 e. The van der Waals surface area contributed by atoms with Crippen molar-refractivity contribution in [1.29, 1.82) is 0 Å². The lowest BCUT2D eigenvalue weighted by Gasteiger charge is -2.30. The number of phenols is 1. The van der Waals surface area contributed by atoms with Crippen LogP contribution in [-0.2, 0) is 6.30 Å². The summed E-state index contributed by atoms with van der Waals surface area (Å²) in [5, 5.41) is 22.6. The molecule has 1 aliphatic rings. The van der Waals surface area contributed by atoms with Crippen molar-refractivity contribution in [3.8, 4) is 28.1 Å². The molecular formula is C24H28F3N5O. The summed E-state index contributed by atoms with van der Waals surface area (Å²) in [7, 11) is 2.05. The minimum absolute atomic E-state index is 0.0657. The van der Waals surface area contributed by atoms with Gasteiger partial charge in [-0.25, -0.2) is 0 Å². The van der Waals surface area contributed by atoms with Gasteiger partial charge in [-0.05, 0) is 54.5 Å².